The molecule has 0 fully saturated rings. The minimum Gasteiger partial charge on any atom is -0.432 e. The first-order chi connectivity index (χ1) is 9.04. The molecule has 6 heteroatoms. The standard InChI is InChI=1S/C14H21F3N2O/c1-8(14(2,3)4)19(5)11-7-12(20-13(16)17)9(15)6-10(11)18/h6-8,13H,18H2,1-5H3. The number of nitrogen functional groups attached to an aromatic ring is 1. The molecule has 2 N–H and O–H groups in total. The Hall–Kier alpha value is -1.59. The number of rotatable bonds is 4. The number of ether oxygens (including phenoxy) is 1. The van der Waals surface area contributed by atoms with E-state index in [-0.39, 0.29) is 17.1 Å². The third kappa shape index (κ3) is 3.71. The quantitative estimate of drug-likeness (QED) is 0.855. The molecule has 1 unspecified atom stereocenters. The Labute approximate surface area is 117 Å². The van der Waals surface area contributed by atoms with E-state index in [1.54, 1.807) is 7.05 Å². The van der Waals surface area contributed by atoms with Crippen LogP contribution in [0.15, 0.2) is 12.1 Å². The van der Waals surface area contributed by atoms with E-state index in [0.717, 1.165) is 6.07 Å². The van der Waals surface area contributed by atoms with Crippen LogP contribution in [-0.2, 0) is 0 Å². The van der Waals surface area contributed by atoms with Crippen LogP contribution in [0, 0.1) is 11.2 Å². The number of anilines is 2. The predicted octanol–water partition coefficient (Wildman–Crippen LogP) is 3.88. The highest BCUT2D eigenvalue weighted by Crippen LogP contribution is 2.35. The van der Waals surface area contributed by atoms with Gasteiger partial charge in [0.15, 0.2) is 11.6 Å². The summed E-state index contributed by atoms with van der Waals surface area (Å²) in [5, 5.41) is 0. The van der Waals surface area contributed by atoms with Crippen molar-refractivity contribution in [2.75, 3.05) is 17.7 Å². The van der Waals surface area contributed by atoms with E-state index in [1.165, 1.54) is 6.07 Å². The summed E-state index contributed by atoms with van der Waals surface area (Å²) in [6.45, 7) is 5.04. The van der Waals surface area contributed by atoms with Gasteiger partial charge >= 0.3 is 6.61 Å². The van der Waals surface area contributed by atoms with Crippen LogP contribution in [0.4, 0.5) is 24.5 Å². The molecule has 114 valence electrons. The van der Waals surface area contributed by atoms with Gasteiger partial charge in [-0.2, -0.15) is 8.78 Å². The molecule has 1 atom stereocenters. The van der Waals surface area contributed by atoms with Gasteiger partial charge in [-0.05, 0) is 12.3 Å². The van der Waals surface area contributed by atoms with Gasteiger partial charge in [-0.25, -0.2) is 4.39 Å². The number of hydrogen-bond donors (Lipinski definition) is 1. The van der Waals surface area contributed by atoms with E-state index in [2.05, 4.69) is 4.74 Å². The van der Waals surface area contributed by atoms with Gasteiger partial charge in [0.25, 0.3) is 0 Å². The Morgan fingerprint density at radius 3 is 2.25 bits per heavy atom. The second-order valence-corrected chi connectivity index (χ2v) is 5.87. The maximum Gasteiger partial charge on any atom is 0.387 e. The summed E-state index contributed by atoms with van der Waals surface area (Å²) in [5.41, 5.74) is 6.37. The van der Waals surface area contributed by atoms with Crippen molar-refractivity contribution in [3.8, 4) is 5.75 Å². The number of nitrogens with zero attached hydrogens (tertiary/aromatic N) is 1. The summed E-state index contributed by atoms with van der Waals surface area (Å²) < 4.78 is 42.2. The van der Waals surface area contributed by atoms with E-state index in [4.69, 9.17) is 5.73 Å². The van der Waals surface area contributed by atoms with Gasteiger partial charge in [0.05, 0.1) is 11.4 Å². The van der Waals surface area contributed by atoms with Crippen molar-refractivity contribution in [1.82, 2.24) is 0 Å². The third-order valence-electron chi connectivity index (χ3n) is 3.51. The second kappa shape index (κ2) is 5.81. The highest BCUT2D eigenvalue weighted by Gasteiger charge is 2.26. The highest BCUT2D eigenvalue weighted by atomic mass is 19.3. The Morgan fingerprint density at radius 2 is 1.80 bits per heavy atom. The molecule has 20 heavy (non-hydrogen) atoms. The molecule has 0 amide bonds. The van der Waals surface area contributed by atoms with Crippen molar-refractivity contribution in [2.45, 2.75) is 40.3 Å². The number of hydrogen-bond acceptors (Lipinski definition) is 3. The second-order valence-electron chi connectivity index (χ2n) is 5.87. The smallest absolute Gasteiger partial charge is 0.387 e. The summed E-state index contributed by atoms with van der Waals surface area (Å²) in [4.78, 5) is 1.83. The fraction of sp³-hybridized carbons (Fsp3) is 0.571. The molecule has 0 saturated carbocycles. The van der Waals surface area contributed by atoms with Crippen LogP contribution in [0.5, 0.6) is 5.75 Å². The molecule has 0 saturated heterocycles. The Bertz CT molecular complexity index is 472. The van der Waals surface area contributed by atoms with Gasteiger partial charge < -0.3 is 15.4 Å². The van der Waals surface area contributed by atoms with Crippen molar-refractivity contribution in [2.24, 2.45) is 5.41 Å². The van der Waals surface area contributed by atoms with E-state index < -0.39 is 18.2 Å². The van der Waals surface area contributed by atoms with E-state index in [0.29, 0.717) is 5.69 Å². The number of halogens is 3. The van der Waals surface area contributed by atoms with Gasteiger partial charge in [0.1, 0.15) is 0 Å². The van der Waals surface area contributed by atoms with Crippen LogP contribution >= 0.6 is 0 Å². The molecule has 0 spiro atoms. The predicted molar refractivity (Wildman–Crippen MR) is 74.8 cm³/mol. The number of nitrogens with two attached hydrogens (primary N) is 1. The summed E-state index contributed by atoms with van der Waals surface area (Å²) in [6, 6.07) is 2.27. The minimum atomic E-state index is -3.08. The molecule has 0 aliphatic rings. The van der Waals surface area contributed by atoms with Gasteiger partial charge in [0, 0.05) is 25.2 Å². The van der Waals surface area contributed by atoms with Crippen LogP contribution in [0.2, 0.25) is 0 Å². The van der Waals surface area contributed by atoms with Gasteiger partial charge in [-0.3, -0.25) is 0 Å². The normalized spacial score (nSPS) is 13.4. The van der Waals surface area contributed by atoms with Crippen molar-refractivity contribution < 1.29 is 17.9 Å². The van der Waals surface area contributed by atoms with E-state index in [9.17, 15) is 13.2 Å². The average molecular weight is 290 g/mol. The van der Waals surface area contributed by atoms with Crippen molar-refractivity contribution in [3.05, 3.63) is 17.9 Å². The topological polar surface area (TPSA) is 38.5 Å². The highest BCUT2D eigenvalue weighted by molar-refractivity contribution is 5.70. The molecule has 1 aromatic carbocycles. The lowest BCUT2D eigenvalue weighted by Gasteiger charge is -2.37. The lowest BCUT2D eigenvalue weighted by Crippen LogP contribution is -2.39. The first-order valence-corrected chi connectivity index (χ1v) is 6.30. The Balaban J connectivity index is 3.17. The molecular formula is C14H21F3N2O. The largest absolute Gasteiger partial charge is 0.432 e. The lowest BCUT2D eigenvalue weighted by molar-refractivity contribution is -0.0521. The monoisotopic (exact) mass is 290 g/mol. The molecular weight excluding hydrogens is 269 g/mol. The van der Waals surface area contributed by atoms with Crippen molar-refractivity contribution in [1.29, 1.82) is 0 Å². The minimum absolute atomic E-state index is 0.0562. The van der Waals surface area contributed by atoms with Crippen LogP contribution in [-0.4, -0.2) is 19.7 Å². The van der Waals surface area contributed by atoms with Gasteiger partial charge in [-0.1, -0.05) is 20.8 Å². The molecule has 0 heterocycles. The summed E-state index contributed by atoms with van der Waals surface area (Å²) in [6.07, 6.45) is 0. The molecule has 1 aromatic rings. The fourth-order valence-corrected chi connectivity index (χ4v) is 1.84. The zero-order chi connectivity index (χ0) is 15.7. The van der Waals surface area contributed by atoms with Crippen LogP contribution < -0.4 is 15.4 Å². The van der Waals surface area contributed by atoms with Gasteiger partial charge in [-0.15, -0.1) is 0 Å². The molecule has 0 aliphatic carbocycles. The SMILES string of the molecule is CC(N(C)c1cc(OC(F)F)c(F)cc1N)C(C)(C)C. The summed E-state index contributed by atoms with van der Waals surface area (Å²) in [5.74, 6) is -1.40. The van der Waals surface area contributed by atoms with Crippen LogP contribution in [0.3, 0.4) is 0 Å². The zero-order valence-corrected chi connectivity index (χ0v) is 12.4. The Kier molecular flexibility index (Phi) is 4.78. The molecule has 1 rings (SSSR count). The van der Waals surface area contributed by atoms with E-state index >= 15 is 0 Å². The summed E-state index contributed by atoms with van der Waals surface area (Å²) >= 11 is 0. The maximum atomic E-state index is 13.5. The Morgan fingerprint density at radius 1 is 1.25 bits per heavy atom. The summed E-state index contributed by atoms with van der Waals surface area (Å²) in [7, 11) is 1.78. The lowest BCUT2D eigenvalue weighted by atomic mass is 9.87. The maximum absolute atomic E-state index is 13.5. The number of alkyl halides is 2. The number of benzene rings is 1. The first-order valence-electron chi connectivity index (χ1n) is 6.30. The third-order valence-corrected chi connectivity index (χ3v) is 3.51. The van der Waals surface area contributed by atoms with Crippen LogP contribution in [0.25, 0.3) is 0 Å². The van der Waals surface area contributed by atoms with Crippen LogP contribution in [0.1, 0.15) is 27.7 Å². The van der Waals surface area contributed by atoms with E-state index in [1.807, 2.05) is 32.6 Å². The molecule has 3 nitrogen and oxygen atoms in total. The molecule has 0 radical (unpaired) electrons. The zero-order valence-electron chi connectivity index (χ0n) is 12.4. The molecule has 0 aliphatic heterocycles. The average Bonchev–Trinajstić information content (AvgIpc) is 2.29. The van der Waals surface area contributed by atoms with Crippen molar-refractivity contribution >= 4 is 11.4 Å². The molecule has 0 bridgehead atoms. The van der Waals surface area contributed by atoms with Crippen molar-refractivity contribution in [3.63, 3.8) is 0 Å². The van der Waals surface area contributed by atoms with Gasteiger partial charge in [0.2, 0.25) is 0 Å². The fourth-order valence-electron chi connectivity index (χ4n) is 1.84. The first kappa shape index (κ1) is 16.5. The molecule has 0 aromatic heterocycles.